The highest BCUT2D eigenvalue weighted by Gasteiger charge is 2.66. The smallest absolute Gasteiger partial charge is 0.264 e. The van der Waals surface area contributed by atoms with Gasteiger partial charge in [-0.1, -0.05) is 19.1 Å². The van der Waals surface area contributed by atoms with Crippen LogP contribution in [-0.4, -0.2) is 66.4 Å². The second-order valence-corrected chi connectivity index (χ2v) is 15.2. The Bertz CT molecular complexity index is 1330. The van der Waals surface area contributed by atoms with Gasteiger partial charge in [0.1, 0.15) is 12.2 Å². The average molecular weight is 588 g/mol. The lowest BCUT2D eigenvalue weighted by atomic mass is 9.82. The largest absolute Gasteiger partial charge is 0.396 e. The van der Waals surface area contributed by atoms with Gasteiger partial charge in [-0.05, 0) is 69.3 Å². The van der Waals surface area contributed by atoms with Crippen LogP contribution in [0.3, 0.4) is 0 Å². The SMILES string of the molecule is C[C@H](O)C(=O)Nc1cccc(CN2C(=O)[C@]3(O[C@H](CCO)[C@@H]([Si](C)(C)F)[C@@H]3C)c3cc(NC(=O)[C@H](C)O)ccc32)c1. The lowest BCUT2D eigenvalue weighted by Gasteiger charge is -2.31. The van der Waals surface area contributed by atoms with Crippen molar-refractivity contribution in [2.24, 2.45) is 5.92 Å². The molecule has 2 aliphatic rings. The van der Waals surface area contributed by atoms with E-state index in [1.165, 1.54) is 13.8 Å². The van der Waals surface area contributed by atoms with Crippen molar-refractivity contribution < 1.29 is 38.5 Å². The summed E-state index contributed by atoms with van der Waals surface area (Å²) >= 11 is 0. The van der Waals surface area contributed by atoms with Crippen LogP contribution in [-0.2, 0) is 31.3 Å². The van der Waals surface area contributed by atoms with E-state index in [2.05, 4.69) is 10.6 Å². The van der Waals surface area contributed by atoms with Crippen molar-refractivity contribution in [3.05, 3.63) is 53.6 Å². The molecule has 2 aromatic rings. The fourth-order valence-corrected chi connectivity index (χ4v) is 8.65. The van der Waals surface area contributed by atoms with Crippen LogP contribution in [0.4, 0.5) is 21.2 Å². The summed E-state index contributed by atoms with van der Waals surface area (Å²) in [6, 6.07) is 11.8. The Morgan fingerprint density at radius 3 is 2.24 bits per heavy atom. The van der Waals surface area contributed by atoms with Crippen LogP contribution in [0.1, 0.15) is 38.3 Å². The van der Waals surface area contributed by atoms with E-state index in [9.17, 15) is 29.7 Å². The molecule has 0 unspecified atom stereocenters. The van der Waals surface area contributed by atoms with Gasteiger partial charge < -0.3 is 39.7 Å². The number of hydrogen-bond acceptors (Lipinski definition) is 7. The van der Waals surface area contributed by atoms with E-state index in [4.69, 9.17) is 4.74 Å². The number of nitrogens with one attached hydrogen (secondary N) is 2. The maximum Gasteiger partial charge on any atom is 0.264 e. The number of hydrogen-bond donors (Lipinski definition) is 5. The molecule has 2 aromatic carbocycles. The van der Waals surface area contributed by atoms with Crippen molar-refractivity contribution >= 4 is 43.2 Å². The minimum absolute atomic E-state index is 0.104. The zero-order valence-electron chi connectivity index (χ0n) is 23.8. The lowest BCUT2D eigenvalue weighted by Crippen LogP contribution is -2.45. The zero-order chi connectivity index (χ0) is 30.3. The molecule has 1 spiro atoms. The van der Waals surface area contributed by atoms with Gasteiger partial charge >= 0.3 is 0 Å². The van der Waals surface area contributed by atoms with Gasteiger partial charge in [-0.2, -0.15) is 0 Å². The quantitative estimate of drug-likeness (QED) is 0.224. The molecule has 0 saturated carbocycles. The van der Waals surface area contributed by atoms with E-state index in [-0.39, 0.29) is 25.5 Å². The molecule has 222 valence electrons. The van der Waals surface area contributed by atoms with Crippen LogP contribution in [0, 0.1) is 5.92 Å². The highest BCUT2D eigenvalue weighted by molar-refractivity contribution is 6.72. The Balaban J connectivity index is 1.79. The van der Waals surface area contributed by atoms with Crippen LogP contribution < -0.4 is 15.5 Å². The van der Waals surface area contributed by atoms with Crippen LogP contribution >= 0.6 is 0 Å². The molecule has 1 saturated heterocycles. The van der Waals surface area contributed by atoms with Gasteiger partial charge in [0, 0.05) is 35.0 Å². The molecule has 6 atom stereocenters. The number of aliphatic hydroxyl groups is 3. The minimum Gasteiger partial charge on any atom is -0.396 e. The molecule has 1 fully saturated rings. The van der Waals surface area contributed by atoms with Gasteiger partial charge in [0.05, 0.1) is 18.3 Å². The van der Waals surface area contributed by atoms with Crippen LogP contribution in [0.25, 0.3) is 0 Å². The number of benzene rings is 2. The molecule has 2 heterocycles. The summed E-state index contributed by atoms with van der Waals surface area (Å²) in [5, 5.41) is 34.3. The average Bonchev–Trinajstić information content (AvgIpc) is 3.31. The van der Waals surface area contributed by atoms with Crippen molar-refractivity contribution in [2.45, 2.75) is 76.3 Å². The van der Waals surface area contributed by atoms with Crippen molar-refractivity contribution in [1.29, 1.82) is 0 Å². The summed E-state index contributed by atoms with van der Waals surface area (Å²) < 4.78 is 22.3. The first-order valence-electron chi connectivity index (χ1n) is 13.7. The Hall–Kier alpha value is -3.16. The molecule has 3 amide bonds. The first-order valence-corrected chi connectivity index (χ1v) is 16.7. The molecular weight excluding hydrogens is 549 g/mol. The molecule has 0 radical (unpaired) electrons. The molecule has 12 heteroatoms. The van der Waals surface area contributed by atoms with E-state index in [0.717, 1.165) is 0 Å². The Morgan fingerprint density at radius 2 is 1.68 bits per heavy atom. The summed E-state index contributed by atoms with van der Waals surface area (Å²) in [6.07, 6.45) is -2.97. The third-order valence-electron chi connectivity index (χ3n) is 7.94. The van der Waals surface area contributed by atoms with Crippen LogP contribution in [0.15, 0.2) is 42.5 Å². The fraction of sp³-hybridized carbons (Fsp3) is 0.483. The normalized spacial score (nSPS) is 25.2. The van der Waals surface area contributed by atoms with Crippen LogP contribution in [0.5, 0.6) is 0 Å². The number of nitrogens with zero attached hydrogens (tertiary/aromatic N) is 1. The van der Waals surface area contributed by atoms with E-state index >= 15 is 4.11 Å². The lowest BCUT2D eigenvalue weighted by molar-refractivity contribution is -0.146. The van der Waals surface area contributed by atoms with Gasteiger partial charge in [0.25, 0.3) is 17.7 Å². The van der Waals surface area contributed by atoms with E-state index in [1.54, 1.807) is 67.4 Å². The topological polar surface area (TPSA) is 148 Å². The number of rotatable bonds is 9. The third-order valence-corrected chi connectivity index (χ3v) is 10.4. The Morgan fingerprint density at radius 1 is 1.07 bits per heavy atom. The van der Waals surface area contributed by atoms with E-state index in [0.29, 0.717) is 28.2 Å². The summed E-state index contributed by atoms with van der Waals surface area (Å²) in [7, 11) is -3.39. The second kappa shape index (κ2) is 11.6. The fourth-order valence-electron chi connectivity index (χ4n) is 6.10. The molecule has 10 nitrogen and oxygen atoms in total. The first kappa shape index (κ1) is 30.8. The van der Waals surface area contributed by atoms with Crippen molar-refractivity contribution in [2.75, 3.05) is 22.1 Å². The number of ether oxygens (including phenoxy) is 1. The monoisotopic (exact) mass is 587 g/mol. The summed E-state index contributed by atoms with van der Waals surface area (Å²) in [5.41, 5.74) is 0.343. The van der Waals surface area contributed by atoms with Gasteiger partial charge in [-0.25, -0.2) is 0 Å². The number of carbonyl (C=O) groups excluding carboxylic acids is 3. The molecule has 2 aliphatic heterocycles. The number of amides is 3. The zero-order valence-corrected chi connectivity index (χ0v) is 24.8. The van der Waals surface area contributed by atoms with Crippen molar-refractivity contribution in [3.63, 3.8) is 0 Å². The number of carbonyl (C=O) groups is 3. The van der Waals surface area contributed by atoms with Gasteiger partial charge in [-0.3, -0.25) is 14.4 Å². The van der Waals surface area contributed by atoms with Gasteiger partial charge in [0.2, 0.25) is 8.41 Å². The summed E-state index contributed by atoms with van der Waals surface area (Å²) in [4.78, 5) is 40.2. The standard InChI is InChI=1S/C29H38FN3O7Si/c1-16-25(41(4,5)30)24(11-12-34)40-29(16)22-14-21(32-27(38)18(3)36)9-10-23(22)33(28(29)39)15-19-7-6-8-20(13-19)31-26(37)17(2)35/h6-10,13-14,16-18,24-25,34-36H,11-12,15H2,1-5H3,(H,31,37)(H,32,38)/t16-,17-,18-,24+,25-,29+/m0/s1. The number of fused-ring (bicyclic) bond motifs is 2. The highest BCUT2D eigenvalue weighted by Crippen LogP contribution is 2.60. The number of halogens is 1. The minimum atomic E-state index is -3.39. The van der Waals surface area contributed by atoms with Gasteiger partial charge in [0.15, 0.2) is 5.60 Å². The van der Waals surface area contributed by atoms with Gasteiger partial charge in [-0.15, -0.1) is 0 Å². The van der Waals surface area contributed by atoms with Crippen LogP contribution in [0.2, 0.25) is 18.6 Å². The number of anilines is 3. The molecule has 0 aliphatic carbocycles. The summed E-state index contributed by atoms with van der Waals surface area (Å²) in [5.74, 6) is -2.16. The summed E-state index contributed by atoms with van der Waals surface area (Å²) in [6.45, 7) is 7.53. The predicted molar refractivity (Wildman–Crippen MR) is 154 cm³/mol. The molecule has 41 heavy (non-hydrogen) atoms. The molecule has 5 N–H and O–H groups in total. The maximum atomic E-state index is 15.8. The van der Waals surface area contributed by atoms with E-state index in [1.807, 2.05) is 0 Å². The predicted octanol–water partition coefficient (Wildman–Crippen LogP) is 3.03. The van der Waals surface area contributed by atoms with Crippen molar-refractivity contribution in [1.82, 2.24) is 0 Å². The second-order valence-electron chi connectivity index (χ2n) is 11.4. The molecule has 0 aromatic heterocycles. The maximum absolute atomic E-state index is 15.8. The molecule has 0 bridgehead atoms. The highest BCUT2D eigenvalue weighted by atomic mass is 28.4. The Kier molecular flexibility index (Phi) is 8.72. The Labute approximate surface area is 239 Å². The number of aliphatic hydroxyl groups excluding tert-OH is 3. The molecule has 4 rings (SSSR count). The molecular formula is C29H38FN3O7Si. The first-order chi connectivity index (χ1) is 19.2. The van der Waals surface area contributed by atoms with Crippen molar-refractivity contribution in [3.8, 4) is 0 Å². The third kappa shape index (κ3) is 5.79. The van der Waals surface area contributed by atoms with E-state index < -0.39 is 55.6 Å².